The van der Waals surface area contributed by atoms with E-state index in [9.17, 15) is 13.2 Å². The third-order valence-electron chi connectivity index (χ3n) is 1.78. The van der Waals surface area contributed by atoms with Crippen molar-refractivity contribution in [3.63, 3.8) is 0 Å². The number of primary amides is 1. The van der Waals surface area contributed by atoms with Crippen molar-refractivity contribution in [3.8, 4) is 5.75 Å². The molecule has 88 valence electrons. The maximum absolute atomic E-state index is 11.2. The molecule has 0 saturated heterocycles. The quantitative estimate of drug-likeness (QED) is 0.803. The summed E-state index contributed by atoms with van der Waals surface area (Å²) in [6.07, 6.45) is 2.65. The highest BCUT2D eigenvalue weighted by molar-refractivity contribution is 7.92. The van der Waals surface area contributed by atoms with E-state index in [0.717, 1.165) is 10.6 Å². The standard InChI is InChI=1S/C8H11N3O4S/c1-11(16(2,13)14)6-3-7(5-10-4-6)15-8(9)12/h3-5H,1-2H3,(H2,9,12). The van der Waals surface area contributed by atoms with Gasteiger partial charge in [-0.05, 0) is 0 Å². The molecule has 1 heterocycles. The van der Waals surface area contributed by atoms with Crippen LogP contribution in [0.2, 0.25) is 0 Å². The number of hydrogen-bond acceptors (Lipinski definition) is 5. The topological polar surface area (TPSA) is 103 Å². The molecule has 0 unspecified atom stereocenters. The van der Waals surface area contributed by atoms with Crippen LogP contribution in [-0.4, -0.2) is 32.8 Å². The van der Waals surface area contributed by atoms with Crippen molar-refractivity contribution >= 4 is 21.8 Å². The monoisotopic (exact) mass is 245 g/mol. The molecule has 0 saturated carbocycles. The fourth-order valence-electron chi connectivity index (χ4n) is 0.943. The fourth-order valence-corrected chi connectivity index (χ4v) is 1.43. The zero-order valence-corrected chi connectivity index (χ0v) is 9.56. The molecule has 1 aromatic rings. The first-order valence-corrected chi connectivity index (χ1v) is 6.02. The zero-order valence-electron chi connectivity index (χ0n) is 8.75. The number of carbonyl (C=O) groups is 1. The Kier molecular flexibility index (Phi) is 3.33. The Morgan fingerprint density at radius 3 is 2.62 bits per heavy atom. The number of nitrogens with zero attached hydrogens (tertiary/aromatic N) is 2. The number of amides is 1. The van der Waals surface area contributed by atoms with Crippen LogP contribution in [0.5, 0.6) is 5.75 Å². The van der Waals surface area contributed by atoms with E-state index < -0.39 is 16.1 Å². The molecule has 0 radical (unpaired) electrons. The lowest BCUT2D eigenvalue weighted by Crippen LogP contribution is -2.25. The molecule has 1 aromatic heterocycles. The SMILES string of the molecule is CN(c1cncc(OC(N)=O)c1)S(C)(=O)=O. The van der Waals surface area contributed by atoms with Gasteiger partial charge in [-0.15, -0.1) is 0 Å². The van der Waals surface area contributed by atoms with Gasteiger partial charge in [-0.3, -0.25) is 9.29 Å². The average molecular weight is 245 g/mol. The van der Waals surface area contributed by atoms with Crippen molar-refractivity contribution < 1.29 is 17.9 Å². The number of nitrogens with two attached hydrogens (primary N) is 1. The molecule has 8 heteroatoms. The Morgan fingerprint density at radius 1 is 1.50 bits per heavy atom. The Labute approximate surface area is 92.9 Å². The molecule has 2 N–H and O–H groups in total. The van der Waals surface area contributed by atoms with E-state index in [4.69, 9.17) is 5.73 Å². The van der Waals surface area contributed by atoms with Crippen LogP contribution in [0.25, 0.3) is 0 Å². The third kappa shape index (κ3) is 3.09. The molecule has 16 heavy (non-hydrogen) atoms. The van der Waals surface area contributed by atoms with E-state index in [1.165, 1.54) is 25.5 Å². The Morgan fingerprint density at radius 2 is 2.12 bits per heavy atom. The maximum Gasteiger partial charge on any atom is 0.410 e. The second kappa shape index (κ2) is 4.35. The smallest absolute Gasteiger partial charge is 0.409 e. The molecule has 0 bridgehead atoms. The Bertz CT molecular complexity index is 500. The lowest BCUT2D eigenvalue weighted by molar-refractivity contribution is 0.210. The van der Waals surface area contributed by atoms with Gasteiger partial charge in [0.05, 0.1) is 24.3 Å². The van der Waals surface area contributed by atoms with Gasteiger partial charge in [0.15, 0.2) is 5.75 Å². The fraction of sp³-hybridized carbons (Fsp3) is 0.250. The normalized spacial score (nSPS) is 10.9. The number of carbonyl (C=O) groups excluding carboxylic acids is 1. The highest BCUT2D eigenvalue weighted by Crippen LogP contribution is 2.19. The molecule has 0 fully saturated rings. The van der Waals surface area contributed by atoms with Crippen LogP contribution < -0.4 is 14.8 Å². The summed E-state index contributed by atoms with van der Waals surface area (Å²) in [7, 11) is -2.02. The van der Waals surface area contributed by atoms with Gasteiger partial charge in [-0.2, -0.15) is 0 Å². The lowest BCUT2D eigenvalue weighted by atomic mass is 10.4. The Balaban J connectivity index is 3.03. The van der Waals surface area contributed by atoms with E-state index in [0.29, 0.717) is 0 Å². The second-order valence-electron chi connectivity index (χ2n) is 3.03. The first-order valence-electron chi connectivity index (χ1n) is 4.17. The van der Waals surface area contributed by atoms with Crippen molar-refractivity contribution in [2.75, 3.05) is 17.6 Å². The second-order valence-corrected chi connectivity index (χ2v) is 5.04. The highest BCUT2D eigenvalue weighted by Gasteiger charge is 2.13. The van der Waals surface area contributed by atoms with E-state index in [1.54, 1.807) is 0 Å². The van der Waals surface area contributed by atoms with Crippen LogP contribution in [-0.2, 0) is 10.0 Å². The van der Waals surface area contributed by atoms with E-state index >= 15 is 0 Å². The van der Waals surface area contributed by atoms with E-state index in [1.807, 2.05) is 0 Å². The van der Waals surface area contributed by atoms with Gasteiger partial charge in [0.2, 0.25) is 10.0 Å². The minimum Gasteiger partial charge on any atom is -0.409 e. The number of pyridine rings is 1. The summed E-state index contributed by atoms with van der Waals surface area (Å²) in [5.74, 6) is 0.0838. The third-order valence-corrected chi connectivity index (χ3v) is 2.98. The van der Waals surface area contributed by atoms with Crippen LogP contribution >= 0.6 is 0 Å². The van der Waals surface area contributed by atoms with Gasteiger partial charge < -0.3 is 10.5 Å². The summed E-state index contributed by atoms with van der Waals surface area (Å²) in [4.78, 5) is 14.2. The molecule has 0 aliphatic carbocycles. The molecule has 1 rings (SSSR count). The Hall–Kier alpha value is -1.83. The van der Waals surface area contributed by atoms with Crippen molar-refractivity contribution in [2.45, 2.75) is 0 Å². The van der Waals surface area contributed by atoms with Gasteiger partial charge >= 0.3 is 6.09 Å². The molecule has 1 amide bonds. The van der Waals surface area contributed by atoms with Crippen molar-refractivity contribution in [3.05, 3.63) is 18.5 Å². The molecular formula is C8H11N3O4S. The number of sulfonamides is 1. The van der Waals surface area contributed by atoms with Gasteiger partial charge in [0.25, 0.3) is 0 Å². The first kappa shape index (κ1) is 12.2. The minimum absolute atomic E-state index is 0.0838. The van der Waals surface area contributed by atoms with Gasteiger partial charge in [-0.1, -0.05) is 0 Å². The summed E-state index contributed by atoms with van der Waals surface area (Å²) in [6.45, 7) is 0. The maximum atomic E-state index is 11.2. The van der Waals surface area contributed by atoms with Gasteiger partial charge in [0, 0.05) is 13.1 Å². The molecule has 7 nitrogen and oxygen atoms in total. The summed E-state index contributed by atoms with van der Waals surface area (Å²) in [6, 6.07) is 1.35. The minimum atomic E-state index is -3.38. The molecule has 0 spiro atoms. The van der Waals surface area contributed by atoms with E-state index in [2.05, 4.69) is 9.72 Å². The number of hydrogen-bond donors (Lipinski definition) is 1. The predicted molar refractivity (Wildman–Crippen MR) is 57.7 cm³/mol. The summed E-state index contributed by atoms with van der Waals surface area (Å²) < 4.78 is 28.0. The molecule has 0 atom stereocenters. The van der Waals surface area contributed by atoms with Gasteiger partial charge in [-0.25, -0.2) is 13.2 Å². The molecule has 0 aliphatic rings. The predicted octanol–water partition coefficient (Wildman–Crippen LogP) is -0.0651. The summed E-state index contributed by atoms with van der Waals surface area (Å²) in [5.41, 5.74) is 5.09. The number of anilines is 1. The van der Waals surface area contributed by atoms with Crippen LogP contribution in [0.1, 0.15) is 0 Å². The largest absolute Gasteiger partial charge is 0.410 e. The highest BCUT2D eigenvalue weighted by atomic mass is 32.2. The van der Waals surface area contributed by atoms with Gasteiger partial charge in [0.1, 0.15) is 0 Å². The lowest BCUT2D eigenvalue weighted by Gasteiger charge is -2.16. The van der Waals surface area contributed by atoms with Crippen LogP contribution in [0, 0.1) is 0 Å². The molecular weight excluding hydrogens is 234 g/mol. The summed E-state index contributed by atoms with van der Waals surface area (Å²) in [5, 5.41) is 0. The van der Waals surface area contributed by atoms with Crippen LogP contribution in [0.15, 0.2) is 18.5 Å². The zero-order chi connectivity index (χ0) is 12.3. The molecule has 0 aromatic carbocycles. The number of ether oxygens (including phenoxy) is 1. The van der Waals surface area contributed by atoms with E-state index in [-0.39, 0.29) is 11.4 Å². The summed E-state index contributed by atoms with van der Waals surface area (Å²) >= 11 is 0. The first-order chi connectivity index (χ1) is 7.30. The van der Waals surface area contributed by atoms with Crippen LogP contribution in [0.4, 0.5) is 10.5 Å². The number of rotatable bonds is 3. The average Bonchev–Trinajstić information content (AvgIpc) is 2.14. The molecule has 0 aliphatic heterocycles. The van der Waals surface area contributed by atoms with Crippen molar-refractivity contribution in [1.29, 1.82) is 0 Å². The number of aromatic nitrogens is 1. The van der Waals surface area contributed by atoms with Crippen molar-refractivity contribution in [1.82, 2.24) is 4.98 Å². The van der Waals surface area contributed by atoms with Crippen molar-refractivity contribution in [2.24, 2.45) is 5.73 Å². The van der Waals surface area contributed by atoms with Crippen LogP contribution in [0.3, 0.4) is 0 Å².